The van der Waals surface area contributed by atoms with Crippen LogP contribution in [0.15, 0.2) is 47.4 Å². The lowest BCUT2D eigenvalue weighted by Crippen LogP contribution is -2.46. The number of hydrogen-bond acceptors (Lipinski definition) is 8. The molecule has 9 nitrogen and oxygen atoms in total. The molecule has 0 spiro atoms. The number of aryl methyl sites for hydroxylation is 1. The molecular weight excluding hydrogens is 416 g/mol. The molecule has 1 saturated heterocycles. The van der Waals surface area contributed by atoms with Gasteiger partial charge in [0.05, 0.1) is 12.1 Å². The standard InChI is InChI=1S/C24H26N8O/c1-15-16(2)27-23(30-24(15)33)17-7-8-21(26-13-17)32-11-9-31(10-12-32)14-20-28-19-6-4-3-5-18(19)22(25)29-20/h3-8,13H,9-12,14H2,1-2H3,(H2,25,28,29)(H,27,30,33). The van der Waals surface area contributed by atoms with Gasteiger partial charge in [-0.2, -0.15) is 0 Å². The van der Waals surface area contributed by atoms with Crippen LogP contribution in [0.1, 0.15) is 17.1 Å². The largest absolute Gasteiger partial charge is 0.383 e. The van der Waals surface area contributed by atoms with Crippen molar-refractivity contribution in [2.75, 3.05) is 36.8 Å². The Morgan fingerprint density at radius 2 is 1.79 bits per heavy atom. The lowest BCUT2D eigenvalue weighted by atomic mass is 10.2. The van der Waals surface area contributed by atoms with E-state index < -0.39 is 0 Å². The summed E-state index contributed by atoms with van der Waals surface area (Å²) in [6, 6.07) is 11.7. The summed E-state index contributed by atoms with van der Waals surface area (Å²) in [5, 5.41) is 0.890. The van der Waals surface area contributed by atoms with Gasteiger partial charge in [0.25, 0.3) is 5.56 Å². The van der Waals surface area contributed by atoms with E-state index in [0.717, 1.165) is 60.0 Å². The number of H-pyrrole nitrogens is 1. The predicted molar refractivity (Wildman–Crippen MR) is 129 cm³/mol. The maximum atomic E-state index is 12.0. The number of aromatic nitrogens is 5. The smallest absolute Gasteiger partial charge is 0.254 e. The number of hydrogen-bond donors (Lipinski definition) is 2. The molecular formula is C24H26N8O. The number of anilines is 2. The van der Waals surface area contributed by atoms with Crippen molar-refractivity contribution in [3.8, 4) is 11.4 Å². The van der Waals surface area contributed by atoms with E-state index in [9.17, 15) is 4.79 Å². The summed E-state index contributed by atoms with van der Waals surface area (Å²) in [6.45, 7) is 7.75. The molecule has 4 heterocycles. The van der Waals surface area contributed by atoms with E-state index in [4.69, 9.17) is 5.73 Å². The number of pyridine rings is 1. The second kappa shape index (κ2) is 8.59. The van der Waals surface area contributed by atoms with Crippen molar-refractivity contribution in [2.24, 2.45) is 0 Å². The molecule has 0 radical (unpaired) electrons. The predicted octanol–water partition coefficient (Wildman–Crippen LogP) is 2.30. The van der Waals surface area contributed by atoms with Gasteiger partial charge < -0.3 is 15.6 Å². The molecule has 0 atom stereocenters. The maximum Gasteiger partial charge on any atom is 0.254 e. The lowest BCUT2D eigenvalue weighted by Gasteiger charge is -2.35. The van der Waals surface area contributed by atoms with Gasteiger partial charge in [-0.05, 0) is 38.1 Å². The van der Waals surface area contributed by atoms with Gasteiger partial charge in [0.15, 0.2) is 0 Å². The fourth-order valence-corrected chi connectivity index (χ4v) is 4.05. The Hall–Kier alpha value is -3.85. The number of piperazine rings is 1. The summed E-state index contributed by atoms with van der Waals surface area (Å²) < 4.78 is 0. The van der Waals surface area contributed by atoms with Crippen LogP contribution in [0.3, 0.4) is 0 Å². The molecule has 4 aromatic rings. The van der Waals surface area contributed by atoms with E-state index in [-0.39, 0.29) is 5.56 Å². The van der Waals surface area contributed by atoms with Crippen molar-refractivity contribution in [3.63, 3.8) is 0 Å². The minimum absolute atomic E-state index is 0.116. The van der Waals surface area contributed by atoms with Gasteiger partial charge in [-0.3, -0.25) is 9.69 Å². The SMILES string of the molecule is Cc1nc(-c2ccc(N3CCN(Cc4nc(N)c5ccccc5n4)CC3)nc2)[nH]c(=O)c1C. The summed E-state index contributed by atoms with van der Waals surface area (Å²) in [4.78, 5) is 37.7. The highest BCUT2D eigenvalue weighted by molar-refractivity contribution is 5.87. The van der Waals surface area contributed by atoms with Crippen LogP contribution in [-0.4, -0.2) is 56.0 Å². The molecule has 1 fully saturated rings. The molecule has 1 aliphatic heterocycles. The number of nitrogens with zero attached hydrogens (tertiary/aromatic N) is 6. The number of aromatic amines is 1. The highest BCUT2D eigenvalue weighted by Crippen LogP contribution is 2.21. The number of fused-ring (bicyclic) bond motifs is 1. The van der Waals surface area contributed by atoms with Crippen LogP contribution >= 0.6 is 0 Å². The fraction of sp³-hybridized carbons (Fsp3) is 0.292. The summed E-state index contributed by atoms with van der Waals surface area (Å²) in [7, 11) is 0. The first kappa shape index (κ1) is 21.0. The fourth-order valence-electron chi connectivity index (χ4n) is 4.05. The van der Waals surface area contributed by atoms with Crippen LogP contribution in [0, 0.1) is 13.8 Å². The van der Waals surface area contributed by atoms with Crippen LogP contribution in [0.5, 0.6) is 0 Å². The van der Waals surface area contributed by atoms with Crippen molar-refractivity contribution in [2.45, 2.75) is 20.4 Å². The molecule has 0 saturated carbocycles. The van der Waals surface area contributed by atoms with Gasteiger partial charge in [0, 0.05) is 54.6 Å². The van der Waals surface area contributed by atoms with Crippen LogP contribution in [0.2, 0.25) is 0 Å². The first-order valence-electron chi connectivity index (χ1n) is 11.0. The third kappa shape index (κ3) is 4.27. The molecule has 5 rings (SSSR count). The van der Waals surface area contributed by atoms with Gasteiger partial charge in [0.1, 0.15) is 23.3 Å². The van der Waals surface area contributed by atoms with E-state index >= 15 is 0 Å². The lowest BCUT2D eigenvalue weighted by molar-refractivity contribution is 0.244. The molecule has 1 aromatic carbocycles. The number of nitrogens with one attached hydrogen (secondary N) is 1. The van der Waals surface area contributed by atoms with E-state index in [1.54, 1.807) is 13.1 Å². The second-order valence-corrected chi connectivity index (χ2v) is 8.34. The molecule has 1 aliphatic rings. The van der Waals surface area contributed by atoms with E-state index in [0.29, 0.717) is 23.8 Å². The Bertz CT molecular complexity index is 1360. The number of nitrogens with two attached hydrogens (primary N) is 1. The van der Waals surface area contributed by atoms with Crippen LogP contribution < -0.4 is 16.2 Å². The van der Waals surface area contributed by atoms with E-state index in [1.807, 2.05) is 43.3 Å². The highest BCUT2D eigenvalue weighted by Gasteiger charge is 2.20. The van der Waals surface area contributed by atoms with E-state index in [2.05, 4.69) is 34.7 Å². The van der Waals surface area contributed by atoms with Gasteiger partial charge in [-0.15, -0.1) is 0 Å². The van der Waals surface area contributed by atoms with Gasteiger partial charge in [-0.25, -0.2) is 19.9 Å². The molecule has 0 bridgehead atoms. The van der Waals surface area contributed by atoms with Gasteiger partial charge >= 0.3 is 0 Å². The number of nitrogen functional groups attached to an aromatic ring is 1. The van der Waals surface area contributed by atoms with Gasteiger partial charge in [0.2, 0.25) is 0 Å². The molecule has 33 heavy (non-hydrogen) atoms. The third-order valence-electron chi connectivity index (χ3n) is 6.16. The average Bonchev–Trinajstić information content (AvgIpc) is 2.83. The van der Waals surface area contributed by atoms with Crippen molar-refractivity contribution in [1.82, 2.24) is 29.8 Å². The normalized spacial score (nSPS) is 14.7. The zero-order chi connectivity index (χ0) is 22.9. The maximum absolute atomic E-state index is 12.0. The Morgan fingerprint density at radius 3 is 2.52 bits per heavy atom. The topological polar surface area (TPSA) is 117 Å². The zero-order valence-electron chi connectivity index (χ0n) is 18.7. The average molecular weight is 443 g/mol. The highest BCUT2D eigenvalue weighted by atomic mass is 16.1. The summed E-state index contributed by atoms with van der Waals surface area (Å²) in [6.07, 6.45) is 1.76. The molecule has 168 valence electrons. The first-order chi connectivity index (χ1) is 16.0. The van der Waals surface area contributed by atoms with Crippen LogP contribution in [0.4, 0.5) is 11.6 Å². The Kier molecular flexibility index (Phi) is 5.47. The minimum atomic E-state index is -0.116. The minimum Gasteiger partial charge on any atom is -0.383 e. The van der Waals surface area contributed by atoms with Crippen LogP contribution in [0.25, 0.3) is 22.3 Å². The molecule has 3 N–H and O–H groups in total. The van der Waals surface area contributed by atoms with E-state index in [1.165, 1.54) is 0 Å². The quantitative estimate of drug-likeness (QED) is 0.494. The first-order valence-corrected chi connectivity index (χ1v) is 11.0. The monoisotopic (exact) mass is 442 g/mol. The molecule has 3 aromatic heterocycles. The zero-order valence-corrected chi connectivity index (χ0v) is 18.7. The van der Waals surface area contributed by atoms with Crippen molar-refractivity contribution in [3.05, 3.63) is 70.0 Å². The number of benzene rings is 1. The van der Waals surface area contributed by atoms with Crippen molar-refractivity contribution < 1.29 is 0 Å². The number of rotatable bonds is 4. The molecule has 9 heteroatoms. The third-order valence-corrected chi connectivity index (χ3v) is 6.16. The Balaban J connectivity index is 1.24. The molecule has 0 unspecified atom stereocenters. The van der Waals surface area contributed by atoms with Crippen molar-refractivity contribution in [1.29, 1.82) is 0 Å². The Labute approximate surface area is 191 Å². The summed E-state index contributed by atoms with van der Waals surface area (Å²) in [5.41, 5.74) is 9.05. The van der Waals surface area contributed by atoms with Crippen molar-refractivity contribution >= 4 is 22.5 Å². The van der Waals surface area contributed by atoms with Crippen LogP contribution in [-0.2, 0) is 6.54 Å². The summed E-state index contributed by atoms with van der Waals surface area (Å²) in [5.74, 6) is 2.73. The molecule has 0 amide bonds. The summed E-state index contributed by atoms with van der Waals surface area (Å²) >= 11 is 0. The Morgan fingerprint density at radius 1 is 1.00 bits per heavy atom. The molecule has 0 aliphatic carbocycles. The van der Waals surface area contributed by atoms with Gasteiger partial charge in [-0.1, -0.05) is 12.1 Å². The number of para-hydroxylation sites is 1. The second-order valence-electron chi connectivity index (χ2n) is 8.34.